The molecule has 0 radical (unpaired) electrons. The summed E-state index contributed by atoms with van der Waals surface area (Å²) in [6.07, 6.45) is 0. The van der Waals surface area contributed by atoms with Gasteiger partial charge in [0.05, 0.1) is 11.8 Å². The van der Waals surface area contributed by atoms with Crippen molar-refractivity contribution in [1.82, 2.24) is 9.55 Å². The third-order valence-corrected chi connectivity index (χ3v) is 4.23. The van der Waals surface area contributed by atoms with Gasteiger partial charge in [-0.2, -0.15) is 4.98 Å². The van der Waals surface area contributed by atoms with Gasteiger partial charge in [0.25, 0.3) is 5.56 Å². The van der Waals surface area contributed by atoms with Crippen molar-refractivity contribution < 1.29 is 14.7 Å². The molecule has 1 amide bonds. The summed E-state index contributed by atoms with van der Waals surface area (Å²) in [6, 6.07) is 7.45. The van der Waals surface area contributed by atoms with Crippen molar-refractivity contribution in [3.63, 3.8) is 0 Å². The first kappa shape index (κ1) is 18.7. The maximum Gasteiger partial charge on any atom is 0.258 e. The number of carbonyl (C=O) groups excluding carboxylic acids is 2. The zero-order valence-corrected chi connectivity index (χ0v) is 15.0. The van der Waals surface area contributed by atoms with Crippen LogP contribution in [-0.2, 0) is 4.79 Å². The van der Waals surface area contributed by atoms with Gasteiger partial charge in [-0.15, -0.1) is 0 Å². The van der Waals surface area contributed by atoms with Crippen LogP contribution in [0, 0.1) is 0 Å². The molecule has 0 saturated heterocycles. The topological polar surface area (TPSA) is 101 Å². The van der Waals surface area contributed by atoms with Gasteiger partial charge in [0.1, 0.15) is 0 Å². The molecule has 7 nitrogen and oxygen atoms in total. The second-order valence-corrected chi connectivity index (χ2v) is 6.61. The number of nitrogens with one attached hydrogen (secondary N) is 1. The van der Waals surface area contributed by atoms with Crippen molar-refractivity contribution in [3.8, 4) is 5.88 Å². The monoisotopic (exact) mass is 361 g/mol. The van der Waals surface area contributed by atoms with E-state index in [1.807, 2.05) is 13.8 Å². The van der Waals surface area contributed by atoms with E-state index in [9.17, 15) is 19.5 Å². The Labute approximate surface area is 149 Å². The quantitative estimate of drug-likeness (QED) is 0.466. The molecule has 0 aliphatic rings. The number of thioether (sulfide) groups is 1. The molecule has 0 aliphatic carbocycles. The number of rotatable bonds is 6. The number of Topliss-reactive ketones (excluding diaryl/α,β-unsaturated/α-hetero) is 1. The molecule has 0 atom stereocenters. The lowest BCUT2D eigenvalue weighted by atomic mass is 10.1. The van der Waals surface area contributed by atoms with E-state index >= 15 is 0 Å². The van der Waals surface area contributed by atoms with Crippen LogP contribution in [0.1, 0.15) is 37.2 Å². The Balaban J connectivity index is 2.12. The van der Waals surface area contributed by atoms with Gasteiger partial charge in [-0.3, -0.25) is 19.0 Å². The molecule has 0 unspecified atom stereocenters. The van der Waals surface area contributed by atoms with Gasteiger partial charge in [-0.05, 0) is 38.1 Å². The van der Waals surface area contributed by atoms with Crippen molar-refractivity contribution in [2.75, 3.05) is 11.1 Å². The number of benzene rings is 1. The van der Waals surface area contributed by atoms with Crippen LogP contribution in [-0.4, -0.2) is 32.1 Å². The number of carbonyl (C=O) groups is 2. The molecule has 132 valence electrons. The summed E-state index contributed by atoms with van der Waals surface area (Å²) >= 11 is 1.09. The predicted octanol–water partition coefficient (Wildman–Crippen LogP) is 2.46. The first-order chi connectivity index (χ1) is 11.8. The first-order valence-electron chi connectivity index (χ1n) is 7.64. The van der Waals surface area contributed by atoms with Gasteiger partial charge in [-0.25, -0.2) is 0 Å². The molecule has 25 heavy (non-hydrogen) atoms. The van der Waals surface area contributed by atoms with Crippen LogP contribution in [0.4, 0.5) is 5.69 Å². The maximum absolute atomic E-state index is 12.3. The number of anilines is 1. The Morgan fingerprint density at radius 1 is 1.28 bits per heavy atom. The normalized spacial score (nSPS) is 10.7. The van der Waals surface area contributed by atoms with E-state index in [-0.39, 0.29) is 34.9 Å². The van der Waals surface area contributed by atoms with Crippen LogP contribution in [0.15, 0.2) is 40.3 Å². The highest BCUT2D eigenvalue weighted by Crippen LogP contribution is 2.21. The molecule has 1 heterocycles. The van der Waals surface area contributed by atoms with Gasteiger partial charge in [0.2, 0.25) is 11.8 Å². The zero-order valence-electron chi connectivity index (χ0n) is 14.1. The molecule has 0 saturated carbocycles. The van der Waals surface area contributed by atoms with E-state index in [1.54, 1.807) is 24.3 Å². The van der Waals surface area contributed by atoms with Crippen molar-refractivity contribution >= 4 is 29.1 Å². The molecule has 0 aliphatic heterocycles. The number of hydrogen-bond donors (Lipinski definition) is 2. The Hall–Kier alpha value is -2.61. The zero-order chi connectivity index (χ0) is 18.6. The molecule has 2 aromatic rings. The van der Waals surface area contributed by atoms with Crippen LogP contribution in [0.3, 0.4) is 0 Å². The largest absolute Gasteiger partial charge is 0.493 e. The summed E-state index contributed by atoms with van der Waals surface area (Å²) < 4.78 is 1.43. The number of aromatic nitrogens is 2. The lowest BCUT2D eigenvalue weighted by Crippen LogP contribution is -2.24. The predicted molar refractivity (Wildman–Crippen MR) is 96.3 cm³/mol. The SMILES string of the molecule is CC(=O)Nc1ccc(C(=O)CSc2nc(O)cc(=O)n2C(C)C)cc1. The highest BCUT2D eigenvalue weighted by molar-refractivity contribution is 7.99. The Kier molecular flexibility index (Phi) is 5.97. The second kappa shape index (κ2) is 7.98. The van der Waals surface area contributed by atoms with Crippen molar-refractivity contribution in [2.24, 2.45) is 0 Å². The molecule has 2 N–H and O–H groups in total. The summed E-state index contributed by atoms with van der Waals surface area (Å²) in [5.74, 6) is -0.623. The number of amides is 1. The van der Waals surface area contributed by atoms with Gasteiger partial charge in [0.15, 0.2) is 10.9 Å². The average molecular weight is 361 g/mol. The highest BCUT2D eigenvalue weighted by Gasteiger charge is 2.14. The van der Waals surface area contributed by atoms with E-state index in [4.69, 9.17) is 0 Å². The fourth-order valence-electron chi connectivity index (χ4n) is 2.19. The summed E-state index contributed by atoms with van der Waals surface area (Å²) in [4.78, 5) is 39.2. The van der Waals surface area contributed by atoms with Crippen molar-refractivity contribution in [3.05, 3.63) is 46.2 Å². The van der Waals surface area contributed by atoms with Crippen LogP contribution in [0.2, 0.25) is 0 Å². The average Bonchev–Trinajstić information content (AvgIpc) is 2.51. The molecule has 0 fully saturated rings. The minimum Gasteiger partial charge on any atom is -0.493 e. The Morgan fingerprint density at radius 2 is 1.92 bits per heavy atom. The molecule has 0 bridgehead atoms. The van der Waals surface area contributed by atoms with E-state index in [0.29, 0.717) is 16.4 Å². The molecular formula is C17H19N3O4S. The standard InChI is InChI=1S/C17H19N3O4S/c1-10(2)20-16(24)8-15(23)19-17(20)25-9-14(22)12-4-6-13(7-5-12)18-11(3)21/h4-8,10,23H,9H2,1-3H3,(H,18,21). The lowest BCUT2D eigenvalue weighted by molar-refractivity contribution is -0.114. The summed E-state index contributed by atoms with van der Waals surface area (Å²) in [5.41, 5.74) is 0.734. The first-order valence-corrected chi connectivity index (χ1v) is 8.62. The third-order valence-electron chi connectivity index (χ3n) is 3.28. The van der Waals surface area contributed by atoms with Gasteiger partial charge in [0, 0.05) is 24.2 Å². The fourth-order valence-corrected chi connectivity index (χ4v) is 3.22. The third kappa shape index (κ3) is 4.93. The maximum atomic E-state index is 12.3. The molecule has 8 heteroatoms. The van der Waals surface area contributed by atoms with E-state index in [1.165, 1.54) is 11.5 Å². The highest BCUT2D eigenvalue weighted by atomic mass is 32.2. The summed E-state index contributed by atoms with van der Waals surface area (Å²) in [6.45, 7) is 5.06. The van der Waals surface area contributed by atoms with Crippen LogP contribution in [0.25, 0.3) is 0 Å². The fraction of sp³-hybridized carbons (Fsp3) is 0.294. The molecule has 2 rings (SSSR count). The minimum absolute atomic E-state index is 0.0715. The Morgan fingerprint density at radius 3 is 2.48 bits per heavy atom. The summed E-state index contributed by atoms with van der Waals surface area (Å²) in [5, 5.41) is 12.5. The van der Waals surface area contributed by atoms with E-state index in [0.717, 1.165) is 17.8 Å². The van der Waals surface area contributed by atoms with Crippen LogP contribution in [0.5, 0.6) is 5.88 Å². The Bertz CT molecular complexity index is 844. The van der Waals surface area contributed by atoms with Gasteiger partial charge >= 0.3 is 0 Å². The van der Waals surface area contributed by atoms with Crippen molar-refractivity contribution in [2.45, 2.75) is 32.0 Å². The van der Waals surface area contributed by atoms with Crippen LogP contribution < -0.4 is 10.9 Å². The van der Waals surface area contributed by atoms with Crippen molar-refractivity contribution in [1.29, 1.82) is 0 Å². The second-order valence-electron chi connectivity index (χ2n) is 5.67. The molecule has 1 aromatic carbocycles. The summed E-state index contributed by atoms with van der Waals surface area (Å²) in [7, 11) is 0. The molecule has 1 aromatic heterocycles. The van der Waals surface area contributed by atoms with Gasteiger partial charge < -0.3 is 10.4 Å². The van der Waals surface area contributed by atoms with E-state index in [2.05, 4.69) is 10.3 Å². The van der Waals surface area contributed by atoms with E-state index < -0.39 is 0 Å². The number of hydrogen-bond acceptors (Lipinski definition) is 6. The van der Waals surface area contributed by atoms with Gasteiger partial charge in [-0.1, -0.05) is 11.8 Å². The molecular weight excluding hydrogens is 342 g/mol. The number of aromatic hydroxyl groups is 1. The lowest BCUT2D eigenvalue weighted by Gasteiger charge is -2.14. The number of ketones is 1. The number of nitrogens with zero attached hydrogens (tertiary/aromatic N) is 2. The smallest absolute Gasteiger partial charge is 0.258 e. The van der Waals surface area contributed by atoms with Crippen LogP contribution >= 0.6 is 11.8 Å². The molecule has 0 spiro atoms. The minimum atomic E-state index is -0.364.